The van der Waals surface area contributed by atoms with Crippen molar-refractivity contribution in [2.24, 2.45) is 0 Å². The molecule has 0 spiro atoms. The van der Waals surface area contributed by atoms with Crippen LogP contribution in [0.2, 0.25) is 0 Å². The van der Waals surface area contributed by atoms with Gasteiger partial charge < -0.3 is 9.84 Å². The van der Waals surface area contributed by atoms with Crippen molar-refractivity contribution in [3.8, 4) is 5.75 Å². The number of ether oxygens (including phenoxy) is 1. The molecule has 1 atom stereocenters. The predicted molar refractivity (Wildman–Crippen MR) is 108 cm³/mol. The molecule has 0 aliphatic carbocycles. The van der Waals surface area contributed by atoms with Crippen LogP contribution in [0.1, 0.15) is 6.42 Å². The van der Waals surface area contributed by atoms with E-state index in [1.165, 1.54) is 4.31 Å². The van der Waals surface area contributed by atoms with Crippen molar-refractivity contribution in [3.05, 3.63) is 59.1 Å². The molecule has 2 aromatic carbocycles. The Kier molecular flexibility index (Phi) is 6.71. The Balaban J connectivity index is 1.68. The lowest BCUT2D eigenvalue weighted by Gasteiger charge is -2.38. The van der Waals surface area contributed by atoms with E-state index in [1.807, 2.05) is 23.1 Å². The molecule has 0 amide bonds. The van der Waals surface area contributed by atoms with Gasteiger partial charge >= 0.3 is 5.97 Å². The lowest BCUT2D eigenvalue weighted by molar-refractivity contribution is -0.142. The van der Waals surface area contributed by atoms with Gasteiger partial charge in [0.1, 0.15) is 5.75 Å². The summed E-state index contributed by atoms with van der Waals surface area (Å²) in [5.74, 6) is -0.385. The van der Waals surface area contributed by atoms with E-state index in [2.05, 4.69) is 15.9 Å². The van der Waals surface area contributed by atoms with Crippen molar-refractivity contribution in [1.29, 1.82) is 0 Å². The minimum atomic E-state index is -3.58. The third-order valence-corrected chi connectivity index (χ3v) is 6.94. The summed E-state index contributed by atoms with van der Waals surface area (Å²) in [4.78, 5) is 13.4. The van der Waals surface area contributed by atoms with Crippen molar-refractivity contribution in [1.82, 2.24) is 9.21 Å². The number of piperazine rings is 1. The van der Waals surface area contributed by atoms with Crippen molar-refractivity contribution in [2.75, 3.05) is 26.2 Å². The highest BCUT2D eigenvalue weighted by Gasteiger charge is 2.32. The van der Waals surface area contributed by atoms with Crippen LogP contribution < -0.4 is 4.74 Å². The van der Waals surface area contributed by atoms with Crippen molar-refractivity contribution >= 4 is 31.9 Å². The lowest BCUT2D eigenvalue weighted by Crippen LogP contribution is -2.53. The van der Waals surface area contributed by atoms with Gasteiger partial charge in [0, 0.05) is 30.7 Å². The normalized spacial score (nSPS) is 17.2. The number of rotatable bonds is 7. The van der Waals surface area contributed by atoms with Crippen molar-refractivity contribution in [3.63, 3.8) is 0 Å². The van der Waals surface area contributed by atoms with E-state index in [0.717, 1.165) is 4.47 Å². The summed E-state index contributed by atoms with van der Waals surface area (Å²) in [6.45, 7) is 1.32. The number of carboxylic acids is 1. The minimum absolute atomic E-state index is 0.186. The van der Waals surface area contributed by atoms with Gasteiger partial charge in [0.05, 0.1) is 11.3 Å². The minimum Gasteiger partial charge on any atom is -0.481 e. The van der Waals surface area contributed by atoms with Crippen LogP contribution in [0.25, 0.3) is 0 Å². The maximum Gasteiger partial charge on any atom is 0.308 e. The summed E-state index contributed by atoms with van der Waals surface area (Å²) in [5.41, 5.74) is 0. The topological polar surface area (TPSA) is 87.2 Å². The average molecular weight is 469 g/mol. The highest BCUT2D eigenvalue weighted by Crippen LogP contribution is 2.22. The zero-order valence-electron chi connectivity index (χ0n) is 15.1. The van der Waals surface area contributed by atoms with E-state index in [9.17, 15) is 18.3 Å². The molecule has 1 saturated heterocycles. The number of benzene rings is 2. The van der Waals surface area contributed by atoms with Crippen LogP contribution in [0, 0.1) is 0 Å². The number of hydrogen-bond donors (Lipinski definition) is 1. The molecule has 2 aromatic rings. The van der Waals surface area contributed by atoms with E-state index >= 15 is 0 Å². The fourth-order valence-electron chi connectivity index (χ4n) is 3.04. The zero-order chi connectivity index (χ0) is 20.1. The fourth-order valence-corrected chi connectivity index (χ4v) is 4.72. The summed E-state index contributed by atoms with van der Waals surface area (Å²) < 4.78 is 33.7. The quantitative estimate of drug-likeness (QED) is 0.671. The molecule has 0 bridgehead atoms. The Bertz CT molecular complexity index is 898. The molecule has 3 rings (SSSR count). The second-order valence-corrected chi connectivity index (χ2v) is 9.23. The number of carbonyl (C=O) groups is 1. The molecule has 150 valence electrons. The van der Waals surface area contributed by atoms with Crippen molar-refractivity contribution < 1.29 is 23.1 Å². The summed E-state index contributed by atoms with van der Waals surface area (Å²) in [5, 5.41) is 9.23. The average Bonchev–Trinajstić information content (AvgIpc) is 2.68. The first-order valence-corrected chi connectivity index (χ1v) is 11.0. The number of hydrogen-bond acceptors (Lipinski definition) is 5. The van der Waals surface area contributed by atoms with E-state index in [4.69, 9.17) is 4.74 Å². The first-order chi connectivity index (χ1) is 13.4. The first kappa shape index (κ1) is 20.8. The maximum atomic E-state index is 12.8. The Morgan fingerprint density at radius 2 is 1.64 bits per heavy atom. The third-order valence-electron chi connectivity index (χ3n) is 4.50. The van der Waals surface area contributed by atoms with Gasteiger partial charge in [0.2, 0.25) is 10.0 Å². The van der Waals surface area contributed by atoms with E-state index in [-0.39, 0.29) is 24.4 Å². The molecule has 1 aliphatic heterocycles. The number of sulfonamides is 1. The Hall–Kier alpha value is -1.94. The molecule has 0 aromatic heterocycles. The molecule has 0 radical (unpaired) electrons. The van der Waals surface area contributed by atoms with Crippen LogP contribution in [0.4, 0.5) is 0 Å². The van der Waals surface area contributed by atoms with E-state index in [0.29, 0.717) is 18.8 Å². The molecule has 1 unspecified atom stereocenters. The van der Waals surface area contributed by atoms with Gasteiger partial charge in [-0.25, -0.2) is 8.42 Å². The molecule has 28 heavy (non-hydrogen) atoms. The molecule has 1 N–H and O–H groups in total. The van der Waals surface area contributed by atoms with Crippen LogP contribution in [0.5, 0.6) is 5.75 Å². The molecule has 1 fully saturated rings. The van der Waals surface area contributed by atoms with E-state index in [1.54, 1.807) is 36.4 Å². The maximum absolute atomic E-state index is 12.8. The smallest absolute Gasteiger partial charge is 0.308 e. The summed E-state index contributed by atoms with van der Waals surface area (Å²) >= 11 is 3.30. The second kappa shape index (κ2) is 9.04. The van der Waals surface area contributed by atoms with Crippen LogP contribution in [0.3, 0.4) is 0 Å². The van der Waals surface area contributed by atoms with Gasteiger partial charge in [-0.15, -0.1) is 0 Å². The molecular formula is C19H21BrN2O5S. The molecule has 7 nitrogen and oxygen atoms in total. The van der Waals surface area contributed by atoms with Gasteiger partial charge in [-0.3, -0.25) is 9.69 Å². The van der Waals surface area contributed by atoms with E-state index < -0.39 is 22.2 Å². The van der Waals surface area contributed by atoms with Gasteiger partial charge in [0.15, 0.2) is 6.23 Å². The molecule has 1 heterocycles. The first-order valence-electron chi connectivity index (χ1n) is 8.79. The zero-order valence-corrected chi connectivity index (χ0v) is 17.5. The van der Waals surface area contributed by atoms with Gasteiger partial charge in [-0.1, -0.05) is 34.1 Å². The Morgan fingerprint density at radius 1 is 1.04 bits per heavy atom. The van der Waals surface area contributed by atoms with Crippen LogP contribution in [-0.4, -0.2) is 61.1 Å². The number of nitrogens with zero attached hydrogens (tertiary/aromatic N) is 2. The molecule has 9 heteroatoms. The standard InChI is InChI=1S/C19H21BrN2O5S/c20-15-6-8-17(9-7-15)28(25,26)22-12-10-21(11-13-22)18(14-19(23)24)27-16-4-2-1-3-5-16/h1-9,18H,10-14H2,(H,23,24). The number of para-hydroxylation sites is 1. The van der Waals surface area contributed by atoms with Gasteiger partial charge in [-0.05, 0) is 36.4 Å². The fraction of sp³-hybridized carbons (Fsp3) is 0.316. The summed E-state index contributed by atoms with van der Waals surface area (Å²) in [6.07, 6.45) is -0.841. The SMILES string of the molecule is O=C(O)CC(Oc1ccccc1)N1CCN(S(=O)(=O)c2ccc(Br)cc2)CC1. The molecular weight excluding hydrogens is 448 g/mol. The number of halogens is 1. The molecule has 1 aliphatic rings. The third kappa shape index (κ3) is 5.11. The van der Waals surface area contributed by atoms with Gasteiger partial charge in [0.25, 0.3) is 0 Å². The van der Waals surface area contributed by atoms with Crippen LogP contribution in [0.15, 0.2) is 64.0 Å². The Morgan fingerprint density at radius 3 is 2.21 bits per heavy atom. The predicted octanol–water partition coefficient (Wildman–Crippen LogP) is 2.64. The summed E-state index contributed by atoms with van der Waals surface area (Å²) in [6, 6.07) is 15.5. The largest absolute Gasteiger partial charge is 0.481 e. The summed E-state index contributed by atoms with van der Waals surface area (Å²) in [7, 11) is -3.58. The Labute approximate surface area is 172 Å². The highest BCUT2D eigenvalue weighted by atomic mass is 79.9. The second-order valence-electron chi connectivity index (χ2n) is 6.38. The number of carboxylic acid groups (broad SMARTS) is 1. The molecule has 0 saturated carbocycles. The van der Waals surface area contributed by atoms with Crippen LogP contribution in [-0.2, 0) is 14.8 Å². The van der Waals surface area contributed by atoms with Gasteiger partial charge in [-0.2, -0.15) is 4.31 Å². The highest BCUT2D eigenvalue weighted by molar-refractivity contribution is 9.10. The monoisotopic (exact) mass is 468 g/mol. The lowest BCUT2D eigenvalue weighted by atomic mass is 10.2. The van der Waals surface area contributed by atoms with Crippen molar-refractivity contribution in [2.45, 2.75) is 17.5 Å². The van der Waals surface area contributed by atoms with Crippen LogP contribution >= 0.6 is 15.9 Å². The number of aliphatic carboxylic acids is 1.